The molecule has 1 aromatic carbocycles. The summed E-state index contributed by atoms with van der Waals surface area (Å²) < 4.78 is 27.5. The molecule has 1 nitrogen and oxygen atoms in total. The zero-order valence-corrected chi connectivity index (χ0v) is 10.0. The van der Waals surface area contributed by atoms with Gasteiger partial charge in [0.2, 0.25) is 0 Å². The van der Waals surface area contributed by atoms with Gasteiger partial charge in [0.15, 0.2) is 0 Å². The minimum atomic E-state index is -0.915. The van der Waals surface area contributed by atoms with E-state index >= 15 is 0 Å². The number of hydrogen-bond acceptors (Lipinski definition) is 1. The van der Waals surface area contributed by atoms with E-state index < -0.39 is 23.2 Å². The van der Waals surface area contributed by atoms with E-state index in [1.807, 2.05) is 0 Å². The third-order valence-corrected chi connectivity index (χ3v) is 3.50. The van der Waals surface area contributed by atoms with Crippen LogP contribution in [-0.2, 0) is 5.41 Å². The highest BCUT2D eigenvalue weighted by Gasteiger charge is 2.41. The summed E-state index contributed by atoms with van der Waals surface area (Å²) in [6.07, 6.45) is -0.561. The van der Waals surface area contributed by atoms with Crippen molar-refractivity contribution in [3.05, 3.63) is 33.3 Å². The highest BCUT2D eigenvalue weighted by atomic mass is 79.9. The molecular formula is C11H11BrF2O. The molecule has 0 heterocycles. The van der Waals surface area contributed by atoms with Gasteiger partial charge in [-0.05, 0) is 33.8 Å². The van der Waals surface area contributed by atoms with E-state index in [2.05, 4.69) is 15.9 Å². The molecule has 0 radical (unpaired) electrons. The molecule has 1 N–H and O–H groups in total. The Morgan fingerprint density at radius 1 is 1.47 bits per heavy atom. The highest BCUT2D eigenvalue weighted by molar-refractivity contribution is 9.10. The van der Waals surface area contributed by atoms with Crippen molar-refractivity contribution in [3.8, 4) is 0 Å². The summed E-state index contributed by atoms with van der Waals surface area (Å²) >= 11 is 2.94. The second-order valence-corrected chi connectivity index (χ2v) is 5.40. The van der Waals surface area contributed by atoms with Crippen LogP contribution in [0.3, 0.4) is 0 Å². The fourth-order valence-electron chi connectivity index (χ4n) is 2.30. The maximum atomic E-state index is 13.7. The number of halogens is 3. The second kappa shape index (κ2) is 3.25. The Balaban J connectivity index is 2.78. The third-order valence-electron chi connectivity index (χ3n) is 2.92. The van der Waals surface area contributed by atoms with Crippen LogP contribution in [0.2, 0.25) is 0 Å². The third kappa shape index (κ3) is 1.51. The van der Waals surface area contributed by atoms with Gasteiger partial charge in [-0.25, -0.2) is 8.78 Å². The first-order chi connectivity index (χ1) is 6.84. The van der Waals surface area contributed by atoms with Gasteiger partial charge in [-0.2, -0.15) is 0 Å². The monoisotopic (exact) mass is 276 g/mol. The van der Waals surface area contributed by atoms with Gasteiger partial charge in [0.1, 0.15) is 11.6 Å². The zero-order chi connectivity index (χ0) is 11.4. The van der Waals surface area contributed by atoms with Crippen LogP contribution in [0.5, 0.6) is 0 Å². The van der Waals surface area contributed by atoms with Crippen molar-refractivity contribution in [2.24, 2.45) is 0 Å². The summed E-state index contributed by atoms with van der Waals surface area (Å²) in [5.74, 6) is -1.01. The fraction of sp³-hybridized carbons (Fsp3) is 0.455. The number of hydrogen-bond donors (Lipinski definition) is 1. The van der Waals surface area contributed by atoms with Gasteiger partial charge in [-0.3, -0.25) is 0 Å². The van der Waals surface area contributed by atoms with Gasteiger partial charge in [0.05, 0.1) is 10.6 Å². The molecule has 0 saturated carbocycles. The Morgan fingerprint density at radius 3 is 2.67 bits per heavy atom. The van der Waals surface area contributed by atoms with E-state index in [1.165, 1.54) is 0 Å². The topological polar surface area (TPSA) is 20.2 Å². The lowest BCUT2D eigenvalue weighted by Crippen LogP contribution is -2.14. The summed E-state index contributed by atoms with van der Waals surface area (Å²) in [7, 11) is 0. The molecule has 1 aliphatic carbocycles. The Morgan fingerprint density at radius 2 is 2.07 bits per heavy atom. The molecule has 0 fully saturated rings. The molecule has 0 spiro atoms. The first-order valence-electron chi connectivity index (χ1n) is 4.70. The number of rotatable bonds is 0. The van der Waals surface area contributed by atoms with Crippen molar-refractivity contribution in [2.45, 2.75) is 31.8 Å². The number of fused-ring (bicyclic) bond motifs is 1. The fourth-order valence-corrected chi connectivity index (χ4v) is 2.72. The van der Waals surface area contributed by atoms with Crippen LogP contribution in [0.25, 0.3) is 0 Å². The summed E-state index contributed by atoms with van der Waals surface area (Å²) in [5.41, 5.74) is -0.108. The van der Waals surface area contributed by atoms with Crippen LogP contribution in [0.1, 0.15) is 37.5 Å². The van der Waals surface area contributed by atoms with Crippen molar-refractivity contribution in [1.29, 1.82) is 0 Å². The maximum absolute atomic E-state index is 13.7. The lowest BCUT2D eigenvalue weighted by atomic mass is 9.86. The molecule has 0 bridgehead atoms. The second-order valence-electron chi connectivity index (χ2n) is 4.55. The van der Waals surface area contributed by atoms with Crippen molar-refractivity contribution in [3.63, 3.8) is 0 Å². The number of benzene rings is 1. The molecule has 0 saturated heterocycles. The molecule has 1 aliphatic rings. The van der Waals surface area contributed by atoms with E-state index in [4.69, 9.17) is 0 Å². The predicted octanol–water partition coefficient (Wildman–Crippen LogP) is 3.44. The van der Waals surface area contributed by atoms with E-state index in [9.17, 15) is 13.9 Å². The standard InChI is InChI=1S/C11H11BrF2O/c1-11(2)4-7(15)8-9(11)6(13)3-5(12)10(8)14/h3,7,15H,4H2,1-2H3. The van der Waals surface area contributed by atoms with Gasteiger partial charge in [0, 0.05) is 11.1 Å². The highest BCUT2D eigenvalue weighted by Crippen LogP contribution is 2.48. The molecule has 4 heteroatoms. The van der Waals surface area contributed by atoms with Crippen molar-refractivity contribution < 1.29 is 13.9 Å². The zero-order valence-electron chi connectivity index (χ0n) is 8.44. The van der Waals surface area contributed by atoms with E-state index in [1.54, 1.807) is 13.8 Å². The van der Waals surface area contributed by atoms with Crippen molar-refractivity contribution in [2.75, 3.05) is 0 Å². The van der Waals surface area contributed by atoms with E-state index in [0.717, 1.165) is 6.07 Å². The van der Waals surface area contributed by atoms with Crippen molar-refractivity contribution >= 4 is 15.9 Å². The SMILES string of the molecule is CC1(C)CC(O)c2c(F)c(Br)cc(F)c21. The van der Waals surface area contributed by atoms with Gasteiger partial charge in [-0.1, -0.05) is 13.8 Å². The lowest BCUT2D eigenvalue weighted by Gasteiger charge is -2.19. The first kappa shape index (κ1) is 11.0. The van der Waals surface area contributed by atoms with Crippen LogP contribution < -0.4 is 0 Å². The van der Waals surface area contributed by atoms with Crippen LogP contribution in [0, 0.1) is 11.6 Å². The first-order valence-corrected chi connectivity index (χ1v) is 5.50. The minimum Gasteiger partial charge on any atom is -0.388 e. The molecule has 0 aromatic heterocycles. The Kier molecular flexibility index (Phi) is 2.39. The molecule has 82 valence electrons. The summed E-state index contributed by atoms with van der Waals surface area (Å²) in [4.78, 5) is 0. The summed E-state index contributed by atoms with van der Waals surface area (Å²) in [6, 6.07) is 1.12. The smallest absolute Gasteiger partial charge is 0.143 e. The summed E-state index contributed by atoms with van der Waals surface area (Å²) in [6.45, 7) is 3.61. The van der Waals surface area contributed by atoms with Gasteiger partial charge >= 0.3 is 0 Å². The van der Waals surface area contributed by atoms with Gasteiger partial charge in [-0.15, -0.1) is 0 Å². The molecule has 1 unspecified atom stereocenters. The van der Waals surface area contributed by atoms with Crippen molar-refractivity contribution in [1.82, 2.24) is 0 Å². The minimum absolute atomic E-state index is 0.0653. The maximum Gasteiger partial charge on any atom is 0.143 e. The molecule has 1 aromatic rings. The Hall–Kier alpha value is -0.480. The van der Waals surface area contributed by atoms with Crippen LogP contribution in [-0.4, -0.2) is 5.11 Å². The number of aliphatic hydroxyl groups excluding tert-OH is 1. The average Bonchev–Trinajstić information content (AvgIpc) is 2.32. The molecular weight excluding hydrogens is 266 g/mol. The molecule has 1 atom stereocenters. The van der Waals surface area contributed by atoms with Crippen LogP contribution in [0.4, 0.5) is 8.78 Å². The summed E-state index contributed by atoms with van der Waals surface area (Å²) in [5, 5.41) is 9.72. The quantitative estimate of drug-likeness (QED) is 0.720. The van der Waals surface area contributed by atoms with E-state index in [-0.39, 0.29) is 10.0 Å². The normalized spacial score (nSPS) is 22.9. The molecule has 15 heavy (non-hydrogen) atoms. The Bertz CT molecular complexity index is 429. The Labute approximate surface area is 95.2 Å². The predicted molar refractivity (Wildman–Crippen MR) is 56.7 cm³/mol. The average molecular weight is 277 g/mol. The largest absolute Gasteiger partial charge is 0.388 e. The van der Waals surface area contributed by atoms with Crippen LogP contribution >= 0.6 is 15.9 Å². The van der Waals surface area contributed by atoms with Crippen LogP contribution in [0.15, 0.2) is 10.5 Å². The van der Waals surface area contributed by atoms with Gasteiger partial charge in [0.25, 0.3) is 0 Å². The molecule has 2 rings (SSSR count). The lowest BCUT2D eigenvalue weighted by molar-refractivity contribution is 0.158. The molecule has 0 amide bonds. The number of aliphatic hydroxyl groups is 1. The van der Waals surface area contributed by atoms with E-state index in [0.29, 0.717) is 12.0 Å². The molecule has 0 aliphatic heterocycles. The van der Waals surface area contributed by atoms with Gasteiger partial charge < -0.3 is 5.11 Å².